The SMILES string of the molecule is Cn1c(COC(=O)c2ccc(Cn3cccn3)cc2)cc(=O)n(C)c1=O. The lowest BCUT2D eigenvalue weighted by atomic mass is 10.1. The van der Waals surface area contributed by atoms with Crippen LogP contribution >= 0.6 is 0 Å². The molecule has 0 aliphatic rings. The van der Waals surface area contributed by atoms with Crippen LogP contribution < -0.4 is 11.2 Å². The molecule has 2 aromatic heterocycles. The number of aromatic nitrogens is 4. The van der Waals surface area contributed by atoms with Crippen LogP contribution in [0.2, 0.25) is 0 Å². The Labute approximate surface area is 148 Å². The number of esters is 1. The molecule has 0 spiro atoms. The summed E-state index contributed by atoms with van der Waals surface area (Å²) < 4.78 is 9.28. The maximum Gasteiger partial charge on any atom is 0.338 e. The second-order valence-corrected chi connectivity index (χ2v) is 5.85. The van der Waals surface area contributed by atoms with Gasteiger partial charge in [-0.1, -0.05) is 12.1 Å². The van der Waals surface area contributed by atoms with Gasteiger partial charge in [0.25, 0.3) is 5.56 Å². The monoisotopic (exact) mass is 354 g/mol. The minimum atomic E-state index is -0.524. The summed E-state index contributed by atoms with van der Waals surface area (Å²) in [5, 5.41) is 4.13. The molecule has 3 aromatic rings. The molecule has 0 fully saturated rings. The number of benzene rings is 1. The average molecular weight is 354 g/mol. The molecule has 0 saturated carbocycles. The Balaban J connectivity index is 1.67. The van der Waals surface area contributed by atoms with Crippen molar-refractivity contribution in [3.8, 4) is 0 Å². The first kappa shape index (κ1) is 17.4. The highest BCUT2D eigenvalue weighted by atomic mass is 16.5. The summed E-state index contributed by atoms with van der Waals surface area (Å²) in [4.78, 5) is 35.8. The van der Waals surface area contributed by atoms with E-state index in [2.05, 4.69) is 5.10 Å². The maximum atomic E-state index is 12.2. The van der Waals surface area contributed by atoms with Gasteiger partial charge >= 0.3 is 11.7 Å². The molecule has 0 unspecified atom stereocenters. The third kappa shape index (κ3) is 3.64. The largest absolute Gasteiger partial charge is 0.456 e. The average Bonchev–Trinajstić information content (AvgIpc) is 3.15. The summed E-state index contributed by atoms with van der Waals surface area (Å²) >= 11 is 0. The second kappa shape index (κ2) is 7.22. The van der Waals surface area contributed by atoms with Crippen LogP contribution in [0.4, 0.5) is 0 Å². The van der Waals surface area contributed by atoms with Crippen molar-refractivity contribution in [3.63, 3.8) is 0 Å². The first-order chi connectivity index (χ1) is 12.5. The summed E-state index contributed by atoms with van der Waals surface area (Å²) in [5.41, 5.74) is 0.817. The highest BCUT2D eigenvalue weighted by molar-refractivity contribution is 5.89. The van der Waals surface area contributed by atoms with Crippen LogP contribution in [-0.2, 0) is 32.0 Å². The number of rotatable bonds is 5. The quantitative estimate of drug-likeness (QED) is 0.629. The molecule has 0 amide bonds. The number of nitrogens with zero attached hydrogens (tertiary/aromatic N) is 4. The molecular weight excluding hydrogens is 336 g/mol. The van der Waals surface area contributed by atoms with E-state index in [9.17, 15) is 14.4 Å². The summed E-state index contributed by atoms with van der Waals surface area (Å²) in [6.07, 6.45) is 3.56. The predicted molar refractivity (Wildman–Crippen MR) is 93.8 cm³/mol. The van der Waals surface area contributed by atoms with Crippen LogP contribution in [0.3, 0.4) is 0 Å². The molecule has 0 aliphatic carbocycles. The van der Waals surface area contributed by atoms with Gasteiger partial charge in [0, 0.05) is 32.6 Å². The molecule has 0 atom stereocenters. The fourth-order valence-electron chi connectivity index (χ4n) is 2.47. The van der Waals surface area contributed by atoms with E-state index < -0.39 is 17.2 Å². The van der Waals surface area contributed by atoms with Gasteiger partial charge in [-0.15, -0.1) is 0 Å². The Hall–Kier alpha value is -3.42. The van der Waals surface area contributed by atoms with Crippen LogP contribution in [0.5, 0.6) is 0 Å². The molecule has 134 valence electrons. The van der Waals surface area contributed by atoms with Crippen molar-refractivity contribution < 1.29 is 9.53 Å². The summed E-state index contributed by atoms with van der Waals surface area (Å²) in [7, 11) is 2.92. The molecule has 2 heterocycles. The van der Waals surface area contributed by atoms with Gasteiger partial charge in [0.1, 0.15) is 6.61 Å². The van der Waals surface area contributed by atoms with Gasteiger partial charge < -0.3 is 4.74 Å². The normalized spacial score (nSPS) is 10.7. The van der Waals surface area contributed by atoms with Crippen molar-refractivity contribution in [1.29, 1.82) is 0 Å². The van der Waals surface area contributed by atoms with Crippen molar-refractivity contribution in [1.82, 2.24) is 18.9 Å². The number of carbonyl (C=O) groups excluding carboxylic acids is 1. The van der Waals surface area contributed by atoms with E-state index >= 15 is 0 Å². The molecule has 0 N–H and O–H groups in total. The molecule has 8 nitrogen and oxygen atoms in total. The van der Waals surface area contributed by atoms with Crippen molar-refractivity contribution in [2.45, 2.75) is 13.2 Å². The third-order valence-corrected chi connectivity index (χ3v) is 4.07. The lowest BCUT2D eigenvalue weighted by molar-refractivity contribution is 0.0462. The molecule has 26 heavy (non-hydrogen) atoms. The fraction of sp³-hybridized carbons (Fsp3) is 0.222. The van der Waals surface area contributed by atoms with E-state index in [4.69, 9.17) is 4.74 Å². The first-order valence-corrected chi connectivity index (χ1v) is 7.95. The molecule has 0 bridgehead atoms. The van der Waals surface area contributed by atoms with E-state index in [0.29, 0.717) is 17.8 Å². The zero-order valence-electron chi connectivity index (χ0n) is 14.5. The van der Waals surface area contributed by atoms with Gasteiger partial charge in [-0.05, 0) is 23.8 Å². The van der Waals surface area contributed by atoms with Crippen LogP contribution in [0.25, 0.3) is 0 Å². The molecule has 0 saturated heterocycles. The first-order valence-electron chi connectivity index (χ1n) is 7.95. The Kier molecular flexibility index (Phi) is 4.83. The van der Waals surface area contributed by atoms with Gasteiger partial charge in [-0.3, -0.25) is 18.6 Å². The summed E-state index contributed by atoms with van der Waals surface area (Å²) in [6, 6.07) is 10.1. The van der Waals surface area contributed by atoms with Crippen LogP contribution in [0.15, 0.2) is 58.4 Å². The van der Waals surface area contributed by atoms with E-state index in [-0.39, 0.29) is 6.61 Å². The van der Waals surface area contributed by atoms with Gasteiger partial charge in [-0.2, -0.15) is 5.10 Å². The number of hydrogen-bond acceptors (Lipinski definition) is 5. The summed E-state index contributed by atoms with van der Waals surface area (Å²) in [5.74, 6) is -0.524. The van der Waals surface area contributed by atoms with E-state index in [1.165, 1.54) is 24.7 Å². The smallest absolute Gasteiger partial charge is 0.338 e. The number of hydrogen-bond donors (Lipinski definition) is 0. The highest BCUT2D eigenvalue weighted by Gasteiger charge is 2.11. The molecule has 3 rings (SSSR count). The minimum absolute atomic E-state index is 0.157. The zero-order chi connectivity index (χ0) is 18.7. The van der Waals surface area contributed by atoms with Crippen molar-refractivity contribution >= 4 is 5.97 Å². The Morgan fingerprint density at radius 2 is 1.85 bits per heavy atom. The molecule has 0 aliphatic heterocycles. The van der Waals surface area contributed by atoms with Crippen LogP contribution in [-0.4, -0.2) is 24.9 Å². The topological polar surface area (TPSA) is 88.1 Å². The van der Waals surface area contributed by atoms with Crippen molar-refractivity contribution in [2.75, 3.05) is 0 Å². The second-order valence-electron chi connectivity index (χ2n) is 5.85. The Morgan fingerprint density at radius 3 is 2.50 bits per heavy atom. The maximum absolute atomic E-state index is 12.2. The van der Waals surface area contributed by atoms with E-state index in [0.717, 1.165) is 10.1 Å². The molecular formula is C18H18N4O4. The van der Waals surface area contributed by atoms with Crippen molar-refractivity contribution in [3.05, 3.63) is 86.5 Å². The van der Waals surface area contributed by atoms with E-state index in [1.807, 2.05) is 24.4 Å². The molecule has 0 radical (unpaired) electrons. The van der Waals surface area contributed by atoms with Gasteiger partial charge in [0.15, 0.2) is 0 Å². The van der Waals surface area contributed by atoms with E-state index in [1.54, 1.807) is 23.0 Å². The van der Waals surface area contributed by atoms with Crippen LogP contribution in [0, 0.1) is 0 Å². The standard InChI is InChI=1S/C18H18N4O4/c1-20-15(10-16(23)21(2)18(20)25)12-26-17(24)14-6-4-13(5-7-14)11-22-9-3-8-19-22/h3-10H,11-12H2,1-2H3. The Morgan fingerprint density at radius 1 is 1.12 bits per heavy atom. The number of carbonyl (C=O) groups is 1. The van der Waals surface area contributed by atoms with Gasteiger partial charge in [-0.25, -0.2) is 9.59 Å². The lowest BCUT2D eigenvalue weighted by Gasteiger charge is -2.10. The van der Waals surface area contributed by atoms with Gasteiger partial charge in [0.2, 0.25) is 0 Å². The predicted octanol–water partition coefficient (Wildman–Crippen LogP) is 0.686. The van der Waals surface area contributed by atoms with Crippen molar-refractivity contribution in [2.24, 2.45) is 14.1 Å². The third-order valence-electron chi connectivity index (χ3n) is 4.07. The zero-order valence-corrected chi connectivity index (χ0v) is 14.5. The molecule has 1 aromatic carbocycles. The fourth-order valence-corrected chi connectivity index (χ4v) is 2.47. The summed E-state index contributed by atoms with van der Waals surface area (Å²) in [6.45, 7) is 0.452. The highest BCUT2D eigenvalue weighted by Crippen LogP contribution is 2.08. The minimum Gasteiger partial charge on any atom is -0.456 e. The Bertz CT molecular complexity index is 1030. The number of ether oxygens (including phenoxy) is 1. The molecule has 8 heteroatoms. The van der Waals surface area contributed by atoms with Crippen LogP contribution in [0.1, 0.15) is 21.6 Å². The lowest BCUT2D eigenvalue weighted by Crippen LogP contribution is -2.38. The van der Waals surface area contributed by atoms with Gasteiger partial charge in [0.05, 0.1) is 17.8 Å².